The number of hydrogen-bond acceptors (Lipinski definition) is 3. The van der Waals surface area contributed by atoms with Gasteiger partial charge >= 0.3 is 0 Å². The molecule has 112 valence electrons. The maximum atomic E-state index is 12.5. The molecule has 0 unspecified atom stereocenters. The zero-order valence-electron chi connectivity index (χ0n) is 11.3. The van der Waals surface area contributed by atoms with Gasteiger partial charge in [-0.1, -0.05) is 15.9 Å². The van der Waals surface area contributed by atoms with Crippen LogP contribution >= 0.6 is 31.9 Å². The number of phenols is 1. The molecule has 0 spiro atoms. The van der Waals surface area contributed by atoms with E-state index in [1.807, 2.05) is 6.92 Å². The summed E-state index contributed by atoms with van der Waals surface area (Å²) in [5.74, 6) is 0.122. The standard InChI is InChI=1S/C14H13Br2NO3S/c1-8-6-12(16)14(7-11(8)15)21(19,20)17-10-3-4-13(18)9(2)5-10/h3-7,17-18H,1-2H3. The van der Waals surface area contributed by atoms with Gasteiger partial charge in [0.05, 0.1) is 0 Å². The molecule has 0 bridgehead atoms. The largest absolute Gasteiger partial charge is 0.508 e. The number of anilines is 1. The maximum Gasteiger partial charge on any atom is 0.263 e. The summed E-state index contributed by atoms with van der Waals surface area (Å²) in [6, 6.07) is 7.82. The van der Waals surface area contributed by atoms with Crippen molar-refractivity contribution < 1.29 is 13.5 Å². The number of benzene rings is 2. The Hall–Kier alpha value is -1.05. The van der Waals surface area contributed by atoms with E-state index >= 15 is 0 Å². The van der Waals surface area contributed by atoms with Crippen LogP contribution in [-0.2, 0) is 10.0 Å². The Morgan fingerprint density at radius 2 is 1.67 bits per heavy atom. The third-order valence-electron chi connectivity index (χ3n) is 2.95. The SMILES string of the molecule is Cc1cc(NS(=O)(=O)c2cc(Br)c(C)cc2Br)ccc1O. The summed E-state index contributed by atoms with van der Waals surface area (Å²) in [5, 5.41) is 9.48. The van der Waals surface area contributed by atoms with Crippen molar-refractivity contribution in [3.63, 3.8) is 0 Å². The molecule has 2 aromatic rings. The summed E-state index contributed by atoms with van der Waals surface area (Å²) in [4.78, 5) is 0.144. The molecule has 0 aliphatic carbocycles. The topological polar surface area (TPSA) is 66.4 Å². The molecular weight excluding hydrogens is 422 g/mol. The molecule has 0 saturated heterocycles. The normalized spacial score (nSPS) is 11.4. The van der Waals surface area contributed by atoms with E-state index < -0.39 is 10.0 Å². The quantitative estimate of drug-likeness (QED) is 0.706. The molecular formula is C14H13Br2NO3S. The van der Waals surface area contributed by atoms with Crippen LogP contribution in [0.4, 0.5) is 5.69 Å². The lowest BCUT2D eigenvalue weighted by Gasteiger charge is -2.12. The molecule has 21 heavy (non-hydrogen) atoms. The minimum Gasteiger partial charge on any atom is -0.508 e. The lowest BCUT2D eigenvalue weighted by Crippen LogP contribution is -2.14. The average molecular weight is 435 g/mol. The molecule has 0 amide bonds. The highest BCUT2D eigenvalue weighted by Gasteiger charge is 2.19. The van der Waals surface area contributed by atoms with Crippen molar-refractivity contribution in [2.24, 2.45) is 0 Å². The third kappa shape index (κ3) is 3.59. The fourth-order valence-electron chi connectivity index (χ4n) is 1.76. The molecule has 0 atom stereocenters. The van der Waals surface area contributed by atoms with E-state index in [4.69, 9.17) is 0 Å². The number of nitrogens with one attached hydrogen (secondary N) is 1. The molecule has 7 heteroatoms. The summed E-state index contributed by atoms with van der Waals surface area (Å²) in [7, 11) is -3.72. The van der Waals surface area contributed by atoms with E-state index in [0.29, 0.717) is 20.2 Å². The van der Waals surface area contributed by atoms with Gasteiger partial charge in [0.2, 0.25) is 0 Å². The number of halogens is 2. The monoisotopic (exact) mass is 433 g/mol. The zero-order valence-corrected chi connectivity index (χ0v) is 15.3. The van der Waals surface area contributed by atoms with Crippen molar-refractivity contribution in [1.82, 2.24) is 0 Å². The van der Waals surface area contributed by atoms with Crippen molar-refractivity contribution in [2.75, 3.05) is 4.72 Å². The Morgan fingerprint density at radius 3 is 2.29 bits per heavy atom. The molecule has 4 nitrogen and oxygen atoms in total. The van der Waals surface area contributed by atoms with Crippen molar-refractivity contribution >= 4 is 47.6 Å². The van der Waals surface area contributed by atoms with Gasteiger partial charge in [-0.3, -0.25) is 4.72 Å². The van der Waals surface area contributed by atoms with Gasteiger partial charge in [0.25, 0.3) is 10.0 Å². The fourth-order valence-corrected chi connectivity index (χ4v) is 4.49. The van der Waals surface area contributed by atoms with Crippen molar-refractivity contribution in [2.45, 2.75) is 18.7 Å². The second-order valence-electron chi connectivity index (χ2n) is 4.64. The summed E-state index contributed by atoms with van der Waals surface area (Å²) in [5.41, 5.74) is 1.93. The van der Waals surface area contributed by atoms with E-state index in [-0.39, 0.29) is 10.6 Å². The predicted octanol–water partition coefficient (Wildman–Crippen LogP) is 4.33. The Balaban J connectivity index is 2.43. The van der Waals surface area contributed by atoms with E-state index in [0.717, 1.165) is 5.56 Å². The molecule has 0 aromatic heterocycles. The molecule has 2 N–H and O–H groups in total. The van der Waals surface area contributed by atoms with Gasteiger partial charge in [0.15, 0.2) is 0 Å². The molecule has 2 rings (SSSR count). The van der Waals surface area contributed by atoms with Gasteiger partial charge in [0.1, 0.15) is 10.6 Å². The van der Waals surface area contributed by atoms with Crippen molar-refractivity contribution in [3.05, 3.63) is 50.4 Å². The van der Waals surface area contributed by atoms with Crippen molar-refractivity contribution in [1.29, 1.82) is 0 Å². The molecule has 0 fully saturated rings. The first-order valence-corrected chi connectivity index (χ1v) is 9.06. The lowest BCUT2D eigenvalue weighted by atomic mass is 10.2. The number of hydrogen-bond donors (Lipinski definition) is 2. The Bertz CT molecular complexity index is 804. The smallest absolute Gasteiger partial charge is 0.263 e. The van der Waals surface area contributed by atoms with E-state index in [9.17, 15) is 13.5 Å². The number of sulfonamides is 1. The summed E-state index contributed by atoms with van der Waals surface area (Å²) in [6.07, 6.45) is 0. The summed E-state index contributed by atoms with van der Waals surface area (Å²) < 4.78 is 28.6. The van der Waals surface area contributed by atoms with E-state index in [2.05, 4.69) is 36.6 Å². The second kappa shape index (κ2) is 5.98. The number of phenolic OH excluding ortho intramolecular Hbond substituents is 1. The van der Waals surface area contributed by atoms with Crippen LogP contribution in [0.2, 0.25) is 0 Å². The highest BCUT2D eigenvalue weighted by atomic mass is 79.9. The van der Waals surface area contributed by atoms with E-state index in [1.165, 1.54) is 12.1 Å². The van der Waals surface area contributed by atoms with Crippen LogP contribution < -0.4 is 4.72 Å². The Kier molecular flexibility index (Phi) is 4.65. The molecule has 0 heterocycles. The predicted molar refractivity (Wildman–Crippen MR) is 90.2 cm³/mol. The Labute approximate surface area is 140 Å². The van der Waals surface area contributed by atoms with E-state index in [1.54, 1.807) is 25.1 Å². The maximum absolute atomic E-state index is 12.5. The first kappa shape index (κ1) is 16.3. The van der Waals surface area contributed by atoms with Crippen LogP contribution in [0.1, 0.15) is 11.1 Å². The zero-order chi connectivity index (χ0) is 15.8. The number of aromatic hydroxyl groups is 1. The first-order chi connectivity index (χ1) is 9.70. The van der Waals surface area contributed by atoms with Crippen LogP contribution in [0.3, 0.4) is 0 Å². The van der Waals surface area contributed by atoms with Gasteiger partial charge in [0, 0.05) is 14.6 Å². The van der Waals surface area contributed by atoms with Crippen LogP contribution in [0, 0.1) is 13.8 Å². The van der Waals surface area contributed by atoms with Gasteiger partial charge in [-0.2, -0.15) is 0 Å². The summed E-state index contributed by atoms with van der Waals surface area (Å²) >= 11 is 6.61. The lowest BCUT2D eigenvalue weighted by molar-refractivity contribution is 0.471. The Morgan fingerprint density at radius 1 is 1.00 bits per heavy atom. The highest BCUT2D eigenvalue weighted by molar-refractivity contribution is 9.11. The van der Waals surface area contributed by atoms with Crippen LogP contribution in [0.15, 0.2) is 44.2 Å². The van der Waals surface area contributed by atoms with Gasteiger partial charge in [-0.15, -0.1) is 0 Å². The molecule has 0 radical (unpaired) electrons. The van der Waals surface area contributed by atoms with Crippen LogP contribution in [0.25, 0.3) is 0 Å². The van der Waals surface area contributed by atoms with Gasteiger partial charge < -0.3 is 5.11 Å². The number of rotatable bonds is 3. The molecule has 0 aliphatic rings. The number of aryl methyl sites for hydroxylation is 2. The second-order valence-corrected chi connectivity index (χ2v) is 8.00. The third-order valence-corrected chi connectivity index (χ3v) is 6.15. The molecule has 2 aromatic carbocycles. The minimum absolute atomic E-state index is 0.122. The fraction of sp³-hybridized carbons (Fsp3) is 0.143. The van der Waals surface area contributed by atoms with Crippen LogP contribution in [-0.4, -0.2) is 13.5 Å². The van der Waals surface area contributed by atoms with Crippen molar-refractivity contribution in [3.8, 4) is 5.75 Å². The minimum atomic E-state index is -3.72. The van der Waals surface area contributed by atoms with Gasteiger partial charge in [-0.05, 0) is 71.2 Å². The average Bonchev–Trinajstić information content (AvgIpc) is 2.37. The molecule has 0 aliphatic heterocycles. The van der Waals surface area contributed by atoms with Gasteiger partial charge in [-0.25, -0.2) is 8.42 Å². The van der Waals surface area contributed by atoms with Crippen LogP contribution in [0.5, 0.6) is 5.75 Å². The molecule has 0 saturated carbocycles. The highest BCUT2D eigenvalue weighted by Crippen LogP contribution is 2.30. The first-order valence-electron chi connectivity index (χ1n) is 5.99. The summed E-state index contributed by atoms with van der Waals surface area (Å²) in [6.45, 7) is 3.58.